The largest absolute Gasteiger partial charge is 0.330 e. The molecule has 0 bridgehead atoms. The van der Waals surface area contributed by atoms with E-state index in [1.54, 1.807) is 0 Å². The first-order valence-electron chi connectivity index (χ1n) is 4.95. The van der Waals surface area contributed by atoms with E-state index in [1.165, 1.54) is 0 Å². The SMILES string of the molecule is Cc1cccc(C2(CN)CS(=O)(=O)C2)c1. The highest BCUT2D eigenvalue weighted by Crippen LogP contribution is 2.35. The highest BCUT2D eigenvalue weighted by atomic mass is 32.2. The second kappa shape index (κ2) is 3.32. The van der Waals surface area contributed by atoms with Crippen LogP contribution in [0.5, 0.6) is 0 Å². The van der Waals surface area contributed by atoms with Gasteiger partial charge in [-0.25, -0.2) is 8.42 Å². The van der Waals surface area contributed by atoms with Gasteiger partial charge in [0.1, 0.15) is 0 Å². The van der Waals surface area contributed by atoms with E-state index in [2.05, 4.69) is 0 Å². The number of hydrogen-bond acceptors (Lipinski definition) is 3. The Labute approximate surface area is 90.2 Å². The lowest BCUT2D eigenvalue weighted by Gasteiger charge is -2.40. The monoisotopic (exact) mass is 225 g/mol. The zero-order valence-electron chi connectivity index (χ0n) is 8.73. The highest BCUT2D eigenvalue weighted by molar-refractivity contribution is 7.93. The van der Waals surface area contributed by atoms with E-state index < -0.39 is 9.84 Å². The summed E-state index contributed by atoms with van der Waals surface area (Å²) in [5.74, 6) is 0.389. The summed E-state index contributed by atoms with van der Waals surface area (Å²) >= 11 is 0. The third-order valence-electron chi connectivity index (χ3n) is 3.01. The summed E-state index contributed by atoms with van der Waals surface area (Å²) < 4.78 is 22.5. The molecule has 2 N–H and O–H groups in total. The molecule has 0 unspecified atom stereocenters. The first-order chi connectivity index (χ1) is 6.97. The normalized spacial score (nSPS) is 22.0. The Kier molecular flexibility index (Phi) is 2.35. The third kappa shape index (κ3) is 1.79. The first kappa shape index (κ1) is 10.6. The Bertz CT molecular complexity index is 467. The molecule has 0 aliphatic carbocycles. The Hall–Kier alpha value is -0.870. The number of sulfone groups is 1. The van der Waals surface area contributed by atoms with Gasteiger partial charge in [-0.1, -0.05) is 29.8 Å². The lowest BCUT2D eigenvalue weighted by Crippen LogP contribution is -2.56. The maximum absolute atomic E-state index is 11.3. The fourth-order valence-electron chi connectivity index (χ4n) is 2.18. The van der Waals surface area contributed by atoms with E-state index in [4.69, 9.17) is 5.73 Å². The van der Waals surface area contributed by atoms with Crippen LogP contribution in [0.1, 0.15) is 11.1 Å². The van der Waals surface area contributed by atoms with E-state index in [9.17, 15) is 8.42 Å². The lowest BCUT2D eigenvalue weighted by molar-refractivity contribution is 0.465. The molecule has 1 aliphatic heterocycles. The van der Waals surface area contributed by atoms with Gasteiger partial charge in [0, 0.05) is 12.0 Å². The van der Waals surface area contributed by atoms with Crippen LogP contribution < -0.4 is 5.73 Å². The molecule has 1 aromatic rings. The molecule has 0 radical (unpaired) electrons. The van der Waals surface area contributed by atoms with Crippen molar-refractivity contribution in [3.8, 4) is 0 Å². The summed E-state index contributed by atoms with van der Waals surface area (Å²) in [6.07, 6.45) is 0. The van der Waals surface area contributed by atoms with Crippen LogP contribution in [0.3, 0.4) is 0 Å². The van der Waals surface area contributed by atoms with Crippen molar-refractivity contribution in [2.75, 3.05) is 18.1 Å². The minimum Gasteiger partial charge on any atom is -0.330 e. The Morgan fingerprint density at radius 3 is 2.53 bits per heavy atom. The average Bonchev–Trinajstić information content (AvgIpc) is 2.13. The number of benzene rings is 1. The summed E-state index contributed by atoms with van der Waals surface area (Å²) in [4.78, 5) is 0. The third-order valence-corrected chi connectivity index (χ3v) is 5.00. The van der Waals surface area contributed by atoms with Crippen LogP contribution in [0, 0.1) is 6.92 Å². The van der Waals surface area contributed by atoms with Crippen molar-refractivity contribution in [2.24, 2.45) is 5.73 Å². The van der Waals surface area contributed by atoms with Gasteiger partial charge in [0.2, 0.25) is 0 Å². The van der Waals surface area contributed by atoms with E-state index in [0.29, 0.717) is 6.54 Å². The van der Waals surface area contributed by atoms with Gasteiger partial charge in [0.15, 0.2) is 9.84 Å². The molecule has 0 spiro atoms. The molecular weight excluding hydrogens is 210 g/mol. The van der Waals surface area contributed by atoms with Gasteiger partial charge < -0.3 is 5.73 Å². The van der Waals surface area contributed by atoms with Crippen molar-refractivity contribution >= 4 is 9.84 Å². The molecule has 82 valence electrons. The van der Waals surface area contributed by atoms with Crippen molar-refractivity contribution in [1.82, 2.24) is 0 Å². The van der Waals surface area contributed by atoms with Crippen molar-refractivity contribution in [3.05, 3.63) is 35.4 Å². The van der Waals surface area contributed by atoms with Gasteiger partial charge in [-0.15, -0.1) is 0 Å². The quantitative estimate of drug-likeness (QED) is 0.802. The van der Waals surface area contributed by atoms with Crippen molar-refractivity contribution < 1.29 is 8.42 Å². The van der Waals surface area contributed by atoms with Crippen molar-refractivity contribution in [2.45, 2.75) is 12.3 Å². The van der Waals surface area contributed by atoms with Crippen LogP contribution >= 0.6 is 0 Å². The lowest BCUT2D eigenvalue weighted by atomic mass is 9.83. The molecule has 1 fully saturated rings. The fourth-order valence-corrected chi connectivity index (χ4v) is 4.35. The molecule has 4 heteroatoms. The van der Waals surface area contributed by atoms with E-state index in [0.717, 1.165) is 11.1 Å². The van der Waals surface area contributed by atoms with Gasteiger partial charge in [-0.05, 0) is 12.5 Å². The van der Waals surface area contributed by atoms with E-state index >= 15 is 0 Å². The average molecular weight is 225 g/mol. The Morgan fingerprint density at radius 2 is 2.07 bits per heavy atom. The smallest absolute Gasteiger partial charge is 0.152 e. The van der Waals surface area contributed by atoms with Crippen LogP contribution in [-0.4, -0.2) is 26.5 Å². The highest BCUT2D eigenvalue weighted by Gasteiger charge is 2.48. The molecular formula is C11H15NO2S. The number of rotatable bonds is 2. The molecule has 3 nitrogen and oxygen atoms in total. The molecule has 15 heavy (non-hydrogen) atoms. The summed E-state index contributed by atoms with van der Waals surface area (Å²) in [6.45, 7) is 2.40. The summed E-state index contributed by atoms with van der Waals surface area (Å²) in [5.41, 5.74) is 7.58. The molecule has 0 saturated carbocycles. The molecule has 1 aliphatic rings. The van der Waals surface area contributed by atoms with Gasteiger partial charge in [-0.3, -0.25) is 0 Å². The van der Waals surface area contributed by atoms with Crippen molar-refractivity contribution in [3.63, 3.8) is 0 Å². The van der Waals surface area contributed by atoms with Gasteiger partial charge >= 0.3 is 0 Å². The first-order valence-corrected chi connectivity index (χ1v) is 6.77. The second-order valence-corrected chi connectivity index (χ2v) is 6.45. The molecule has 1 heterocycles. The zero-order chi connectivity index (χ0) is 11.1. The van der Waals surface area contributed by atoms with Gasteiger partial charge in [0.05, 0.1) is 11.5 Å². The van der Waals surface area contributed by atoms with Crippen LogP contribution in [0.4, 0.5) is 0 Å². The number of nitrogens with two attached hydrogens (primary N) is 1. The Morgan fingerprint density at radius 1 is 1.40 bits per heavy atom. The second-order valence-electron chi connectivity index (χ2n) is 4.39. The molecule has 0 amide bonds. The van der Waals surface area contributed by atoms with Crippen LogP contribution in [-0.2, 0) is 15.3 Å². The zero-order valence-corrected chi connectivity index (χ0v) is 9.55. The predicted octanol–water partition coefficient (Wildman–Crippen LogP) is 0.620. The maximum Gasteiger partial charge on any atom is 0.152 e. The van der Waals surface area contributed by atoms with Crippen molar-refractivity contribution in [1.29, 1.82) is 0 Å². The molecule has 2 rings (SSSR count). The minimum atomic E-state index is -2.84. The van der Waals surface area contributed by atoms with Crippen LogP contribution in [0.25, 0.3) is 0 Å². The topological polar surface area (TPSA) is 60.2 Å². The number of aryl methyl sites for hydroxylation is 1. The minimum absolute atomic E-state index is 0.194. The molecule has 1 saturated heterocycles. The standard InChI is InChI=1S/C11H15NO2S/c1-9-3-2-4-10(5-9)11(6-12)7-15(13,14)8-11/h2-5H,6-8,12H2,1H3. The van der Waals surface area contributed by atoms with E-state index in [1.807, 2.05) is 31.2 Å². The molecule has 0 aromatic heterocycles. The number of hydrogen-bond donors (Lipinski definition) is 1. The summed E-state index contributed by atoms with van der Waals surface area (Å²) in [6, 6.07) is 7.95. The van der Waals surface area contributed by atoms with Crippen LogP contribution in [0.15, 0.2) is 24.3 Å². The Balaban J connectivity index is 2.37. The van der Waals surface area contributed by atoms with Gasteiger partial charge in [0.25, 0.3) is 0 Å². The fraction of sp³-hybridized carbons (Fsp3) is 0.455. The van der Waals surface area contributed by atoms with Crippen LogP contribution in [0.2, 0.25) is 0 Å². The maximum atomic E-state index is 11.3. The molecule has 1 aromatic carbocycles. The van der Waals surface area contributed by atoms with E-state index in [-0.39, 0.29) is 16.9 Å². The predicted molar refractivity (Wildman–Crippen MR) is 60.6 cm³/mol. The summed E-state index contributed by atoms with van der Waals surface area (Å²) in [5, 5.41) is 0. The summed E-state index contributed by atoms with van der Waals surface area (Å²) in [7, 11) is -2.84. The van der Waals surface area contributed by atoms with Gasteiger partial charge in [-0.2, -0.15) is 0 Å². The molecule has 0 atom stereocenters.